The first-order valence-electron chi connectivity index (χ1n) is 7.70. The second-order valence-corrected chi connectivity index (χ2v) is 5.77. The van der Waals surface area contributed by atoms with Crippen molar-refractivity contribution in [2.24, 2.45) is 0 Å². The molecule has 1 heterocycles. The molecule has 112 valence electrons. The van der Waals surface area contributed by atoms with Crippen LogP contribution in [0.2, 0.25) is 0 Å². The fraction of sp³-hybridized carbons (Fsp3) is 0.529. The minimum atomic E-state index is -0.260. The zero-order valence-corrected chi connectivity index (χ0v) is 12.6. The highest BCUT2D eigenvalue weighted by Crippen LogP contribution is 2.40. The van der Waals surface area contributed by atoms with Gasteiger partial charge < -0.3 is 4.74 Å². The summed E-state index contributed by atoms with van der Waals surface area (Å²) in [4.78, 5) is 26.4. The van der Waals surface area contributed by atoms with Crippen molar-refractivity contribution in [3.8, 4) is 0 Å². The zero-order chi connectivity index (χ0) is 15.0. The van der Waals surface area contributed by atoms with Gasteiger partial charge in [0.15, 0.2) is 5.78 Å². The minimum Gasteiger partial charge on any atom is -0.465 e. The van der Waals surface area contributed by atoms with Crippen molar-refractivity contribution in [1.82, 2.24) is 4.90 Å². The van der Waals surface area contributed by atoms with E-state index in [2.05, 4.69) is 11.0 Å². The van der Waals surface area contributed by atoms with E-state index in [1.165, 1.54) is 5.56 Å². The molecule has 0 N–H and O–H groups in total. The number of ether oxygens (including phenoxy) is 1. The van der Waals surface area contributed by atoms with Crippen molar-refractivity contribution in [1.29, 1.82) is 0 Å². The van der Waals surface area contributed by atoms with Crippen LogP contribution in [0.1, 0.15) is 54.2 Å². The molecule has 0 spiro atoms. The Bertz CT molecular complexity index is 581. The van der Waals surface area contributed by atoms with Gasteiger partial charge in [0.2, 0.25) is 0 Å². The lowest BCUT2D eigenvalue weighted by Gasteiger charge is -2.42. The Kier molecular flexibility index (Phi) is 3.81. The monoisotopic (exact) mass is 287 g/mol. The number of Topliss-reactive ketones (excluding diaryl/α,β-unsaturated/α-hetero) is 1. The Morgan fingerprint density at radius 3 is 3.00 bits per heavy atom. The number of ketones is 1. The molecule has 0 saturated heterocycles. The second-order valence-electron chi connectivity index (χ2n) is 5.77. The Hall–Kier alpha value is -1.68. The lowest BCUT2D eigenvalue weighted by atomic mass is 9.79. The van der Waals surface area contributed by atoms with Gasteiger partial charge in [-0.25, -0.2) is 0 Å². The molecule has 21 heavy (non-hydrogen) atoms. The van der Waals surface area contributed by atoms with Gasteiger partial charge in [-0.1, -0.05) is 18.2 Å². The molecule has 4 heteroatoms. The molecular formula is C17H21NO3. The van der Waals surface area contributed by atoms with Gasteiger partial charge in [0, 0.05) is 24.6 Å². The van der Waals surface area contributed by atoms with Crippen LogP contribution in [0.5, 0.6) is 0 Å². The molecule has 0 amide bonds. The van der Waals surface area contributed by atoms with Crippen LogP contribution in [0.3, 0.4) is 0 Å². The topological polar surface area (TPSA) is 46.6 Å². The number of carbonyl (C=O) groups excluding carboxylic acids is 2. The van der Waals surface area contributed by atoms with Crippen LogP contribution in [0, 0.1) is 0 Å². The predicted molar refractivity (Wildman–Crippen MR) is 79.3 cm³/mol. The molecule has 2 unspecified atom stereocenters. The normalized spacial score (nSPS) is 22.6. The SMILES string of the molecule is CCOC(=O)C(C)N1CCc2cccc3c2C1CCC3=O. The molecule has 0 aromatic heterocycles. The number of carbonyl (C=O) groups is 2. The van der Waals surface area contributed by atoms with Crippen LogP contribution in [-0.2, 0) is 16.0 Å². The third kappa shape index (κ3) is 2.38. The Morgan fingerprint density at radius 1 is 1.43 bits per heavy atom. The average molecular weight is 287 g/mol. The summed E-state index contributed by atoms with van der Waals surface area (Å²) in [5, 5.41) is 0. The van der Waals surface area contributed by atoms with Gasteiger partial charge in [-0.2, -0.15) is 0 Å². The van der Waals surface area contributed by atoms with Gasteiger partial charge in [0.05, 0.1) is 6.61 Å². The molecule has 2 aliphatic rings. The van der Waals surface area contributed by atoms with Gasteiger partial charge >= 0.3 is 5.97 Å². The average Bonchev–Trinajstić information content (AvgIpc) is 2.50. The summed E-state index contributed by atoms with van der Waals surface area (Å²) in [5.74, 6) is 0.0593. The number of rotatable bonds is 3. The van der Waals surface area contributed by atoms with Crippen LogP contribution in [-0.4, -0.2) is 35.8 Å². The summed E-state index contributed by atoms with van der Waals surface area (Å²) in [6.07, 6.45) is 2.25. The number of benzene rings is 1. The second kappa shape index (κ2) is 5.60. The first kappa shape index (κ1) is 14.3. The maximum Gasteiger partial charge on any atom is 0.323 e. The summed E-state index contributed by atoms with van der Waals surface area (Å²) >= 11 is 0. The van der Waals surface area contributed by atoms with Crippen LogP contribution in [0.15, 0.2) is 18.2 Å². The van der Waals surface area contributed by atoms with Gasteiger partial charge in [-0.05, 0) is 37.8 Å². The molecule has 1 aromatic rings. The van der Waals surface area contributed by atoms with E-state index in [4.69, 9.17) is 4.74 Å². The van der Waals surface area contributed by atoms with Gasteiger partial charge in [-0.3, -0.25) is 14.5 Å². The minimum absolute atomic E-state index is 0.169. The van der Waals surface area contributed by atoms with E-state index in [-0.39, 0.29) is 23.8 Å². The van der Waals surface area contributed by atoms with Crippen molar-refractivity contribution < 1.29 is 14.3 Å². The van der Waals surface area contributed by atoms with Crippen molar-refractivity contribution in [2.75, 3.05) is 13.2 Å². The number of hydrogen-bond acceptors (Lipinski definition) is 4. The maximum atomic E-state index is 12.1. The Morgan fingerprint density at radius 2 is 2.24 bits per heavy atom. The standard InChI is InChI=1S/C17H21NO3/c1-3-21-17(20)11(2)18-10-9-12-5-4-6-13-15(19)8-7-14(18)16(12)13/h4-6,11,14H,3,7-10H2,1-2H3. The molecule has 4 nitrogen and oxygen atoms in total. The van der Waals surface area contributed by atoms with Crippen molar-refractivity contribution >= 4 is 11.8 Å². The van der Waals surface area contributed by atoms with Gasteiger partial charge in [0.25, 0.3) is 0 Å². The molecular weight excluding hydrogens is 266 g/mol. The predicted octanol–water partition coefficient (Wildman–Crippen LogP) is 2.51. The summed E-state index contributed by atoms with van der Waals surface area (Å²) in [6, 6.07) is 5.91. The van der Waals surface area contributed by atoms with E-state index in [0.29, 0.717) is 13.0 Å². The highest BCUT2D eigenvalue weighted by molar-refractivity contribution is 5.99. The van der Waals surface area contributed by atoms with E-state index >= 15 is 0 Å². The van der Waals surface area contributed by atoms with E-state index in [1.54, 1.807) is 0 Å². The van der Waals surface area contributed by atoms with Crippen LogP contribution in [0.25, 0.3) is 0 Å². The van der Waals surface area contributed by atoms with E-state index in [1.807, 2.05) is 26.0 Å². The molecule has 0 bridgehead atoms. The summed E-state index contributed by atoms with van der Waals surface area (Å²) in [5.41, 5.74) is 3.26. The summed E-state index contributed by atoms with van der Waals surface area (Å²) in [6.45, 7) is 4.98. The molecule has 0 fully saturated rings. The fourth-order valence-electron chi connectivity index (χ4n) is 3.61. The van der Waals surface area contributed by atoms with Gasteiger partial charge in [0.1, 0.15) is 6.04 Å². The van der Waals surface area contributed by atoms with Gasteiger partial charge in [-0.15, -0.1) is 0 Å². The molecule has 0 radical (unpaired) electrons. The summed E-state index contributed by atoms with van der Waals surface area (Å²) in [7, 11) is 0. The van der Waals surface area contributed by atoms with Crippen LogP contribution in [0.4, 0.5) is 0 Å². The third-order valence-corrected chi connectivity index (χ3v) is 4.64. The molecule has 2 atom stereocenters. The van der Waals surface area contributed by atoms with E-state index in [9.17, 15) is 9.59 Å². The number of esters is 1. The molecule has 1 aromatic carbocycles. The highest BCUT2D eigenvalue weighted by Gasteiger charge is 2.38. The number of nitrogens with zero attached hydrogens (tertiary/aromatic N) is 1. The Labute approximate surface area is 125 Å². The maximum absolute atomic E-state index is 12.1. The molecule has 0 saturated carbocycles. The largest absolute Gasteiger partial charge is 0.465 e. The lowest BCUT2D eigenvalue weighted by Crippen LogP contribution is -2.47. The first-order valence-corrected chi connectivity index (χ1v) is 7.70. The van der Waals surface area contributed by atoms with Crippen molar-refractivity contribution in [3.63, 3.8) is 0 Å². The first-order chi connectivity index (χ1) is 10.1. The van der Waals surface area contributed by atoms with E-state index < -0.39 is 0 Å². The Balaban J connectivity index is 1.95. The van der Waals surface area contributed by atoms with E-state index in [0.717, 1.165) is 30.5 Å². The highest BCUT2D eigenvalue weighted by atomic mass is 16.5. The summed E-state index contributed by atoms with van der Waals surface area (Å²) < 4.78 is 5.16. The smallest absolute Gasteiger partial charge is 0.323 e. The molecule has 3 rings (SSSR count). The third-order valence-electron chi connectivity index (χ3n) is 4.64. The molecule has 1 aliphatic carbocycles. The van der Waals surface area contributed by atoms with Crippen molar-refractivity contribution in [2.45, 2.75) is 45.2 Å². The van der Waals surface area contributed by atoms with Crippen LogP contribution < -0.4 is 0 Å². The molecule has 1 aliphatic heterocycles. The van der Waals surface area contributed by atoms with Crippen LogP contribution >= 0.6 is 0 Å². The number of hydrogen-bond donors (Lipinski definition) is 0. The lowest BCUT2D eigenvalue weighted by molar-refractivity contribution is -0.150. The fourth-order valence-corrected chi connectivity index (χ4v) is 3.61. The van der Waals surface area contributed by atoms with Crippen molar-refractivity contribution in [3.05, 3.63) is 34.9 Å². The zero-order valence-electron chi connectivity index (χ0n) is 12.6. The quantitative estimate of drug-likeness (QED) is 0.801.